The highest BCUT2D eigenvalue weighted by molar-refractivity contribution is 5.96. The lowest BCUT2D eigenvalue weighted by atomic mass is 10.1. The number of carbonyl (C=O) groups is 1. The zero-order chi connectivity index (χ0) is 15.5. The van der Waals surface area contributed by atoms with Crippen molar-refractivity contribution in [2.45, 2.75) is 6.92 Å². The smallest absolute Gasteiger partial charge is 0.163 e. The molecule has 1 rings (SSSR count). The van der Waals surface area contributed by atoms with Gasteiger partial charge in [-0.15, -0.1) is 0 Å². The molecule has 0 N–H and O–H groups in total. The van der Waals surface area contributed by atoms with Crippen LogP contribution in [0.25, 0.3) is 0 Å². The molecule has 0 aliphatic carbocycles. The summed E-state index contributed by atoms with van der Waals surface area (Å²) in [6.07, 6.45) is 0. The molecule has 0 spiro atoms. The molecule has 1 aromatic carbocycles. The first-order valence-corrected chi connectivity index (χ1v) is 6.73. The van der Waals surface area contributed by atoms with Gasteiger partial charge in [-0.25, -0.2) is 4.39 Å². The number of carbonyl (C=O) groups excluding carboxylic acids is 1. The second-order valence-corrected chi connectivity index (χ2v) is 4.26. The molecule has 6 heteroatoms. The van der Waals surface area contributed by atoms with Crippen LogP contribution < -0.4 is 4.74 Å². The number of rotatable bonds is 11. The Labute approximate surface area is 123 Å². The number of halogens is 1. The van der Waals surface area contributed by atoms with Gasteiger partial charge in [0.25, 0.3) is 0 Å². The van der Waals surface area contributed by atoms with Gasteiger partial charge in [-0.3, -0.25) is 4.79 Å². The van der Waals surface area contributed by atoms with Gasteiger partial charge in [0.1, 0.15) is 18.2 Å². The summed E-state index contributed by atoms with van der Waals surface area (Å²) >= 11 is 0. The van der Waals surface area contributed by atoms with Crippen molar-refractivity contribution < 1.29 is 28.1 Å². The van der Waals surface area contributed by atoms with E-state index >= 15 is 0 Å². The summed E-state index contributed by atoms with van der Waals surface area (Å²) in [5, 5.41) is 0. The van der Waals surface area contributed by atoms with Crippen molar-refractivity contribution in [1.29, 1.82) is 0 Å². The Kier molecular flexibility index (Phi) is 8.57. The molecule has 1 aromatic rings. The summed E-state index contributed by atoms with van der Waals surface area (Å²) in [5.74, 6) is -0.373. The van der Waals surface area contributed by atoms with E-state index in [1.54, 1.807) is 7.11 Å². The molecule has 21 heavy (non-hydrogen) atoms. The Balaban J connectivity index is 2.21. The molecular formula is C15H21FO5. The maximum absolute atomic E-state index is 13.1. The molecule has 0 amide bonds. The first kappa shape index (κ1) is 17.6. The lowest BCUT2D eigenvalue weighted by Crippen LogP contribution is -2.13. The number of benzene rings is 1. The van der Waals surface area contributed by atoms with E-state index in [1.807, 2.05) is 0 Å². The van der Waals surface area contributed by atoms with Crippen LogP contribution in [0.1, 0.15) is 17.3 Å². The molecular weight excluding hydrogens is 279 g/mol. The third-order valence-electron chi connectivity index (χ3n) is 2.61. The Bertz CT molecular complexity index is 436. The molecule has 0 radical (unpaired) electrons. The van der Waals surface area contributed by atoms with Gasteiger partial charge in [0.2, 0.25) is 0 Å². The van der Waals surface area contributed by atoms with E-state index in [2.05, 4.69) is 0 Å². The molecule has 0 saturated carbocycles. The van der Waals surface area contributed by atoms with Crippen molar-refractivity contribution in [3.05, 3.63) is 29.6 Å². The molecule has 118 valence electrons. The average molecular weight is 300 g/mol. The zero-order valence-corrected chi connectivity index (χ0v) is 12.4. The van der Waals surface area contributed by atoms with Crippen molar-refractivity contribution in [2.24, 2.45) is 0 Å². The van der Waals surface area contributed by atoms with E-state index in [9.17, 15) is 9.18 Å². The summed E-state index contributed by atoms with van der Waals surface area (Å²) in [5.41, 5.74) is 0.360. The van der Waals surface area contributed by atoms with Gasteiger partial charge in [-0.05, 0) is 19.1 Å². The van der Waals surface area contributed by atoms with Crippen LogP contribution in [0.15, 0.2) is 18.2 Å². The van der Waals surface area contributed by atoms with Gasteiger partial charge in [0, 0.05) is 13.2 Å². The van der Waals surface area contributed by atoms with Crippen LogP contribution in [0.4, 0.5) is 4.39 Å². The summed E-state index contributed by atoms with van der Waals surface area (Å²) < 4.78 is 33.9. The largest absolute Gasteiger partial charge is 0.490 e. The Morgan fingerprint density at radius 3 is 2.29 bits per heavy atom. The molecule has 0 aromatic heterocycles. The maximum Gasteiger partial charge on any atom is 0.163 e. The first-order chi connectivity index (χ1) is 10.1. The first-order valence-electron chi connectivity index (χ1n) is 6.73. The van der Waals surface area contributed by atoms with Crippen LogP contribution in [-0.2, 0) is 14.2 Å². The predicted molar refractivity (Wildman–Crippen MR) is 75.4 cm³/mol. The van der Waals surface area contributed by atoms with E-state index in [-0.39, 0.29) is 18.1 Å². The topological polar surface area (TPSA) is 54.0 Å². The van der Waals surface area contributed by atoms with Crippen molar-refractivity contribution in [2.75, 3.05) is 46.8 Å². The fourth-order valence-corrected chi connectivity index (χ4v) is 1.58. The van der Waals surface area contributed by atoms with Crippen molar-refractivity contribution in [3.63, 3.8) is 0 Å². The number of Topliss-reactive ketones (excluding diaryl/α,β-unsaturated/α-hetero) is 1. The molecule has 0 fully saturated rings. The molecule has 0 aliphatic heterocycles. The minimum atomic E-state index is -0.442. The second-order valence-electron chi connectivity index (χ2n) is 4.26. The van der Waals surface area contributed by atoms with Gasteiger partial charge in [-0.2, -0.15) is 0 Å². The van der Waals surface area contributed by atoms with Crippen molar-refractivity contribution in [1.82, 2.24) is 0 Å². The second kappa shape index (κ2) is 10.3. The highest BCUT2D eigenvalue weighted by Crippen LogP contribution is 2.20. The fraction of sp³-hybridized carbons (Fsp3) is 0.533. The highest BCUT2D eigenvalue weighted by Gasteiger charge is 2.09. The normalized spacial score (nSPS) is 10.6. The van der Waals surface area contributed by atoms with Gasteiger partial charge < -0.3 is 18.9 Å². The molecule has 0 unspecified atom stereocenters. The van der Waals surface area contributed by atoms with Crippen molar-refractivity contribution >= 4 is 5.78 Å². The van der Waals surface area contributed by atoms with Crippen LogP contribution in [-0.4, -0.2) is 52.5 Å². The molecule has 0 bridgehead atoms. The van der Waals surface area contributed by atoms with Crippen LogP contribution in [0.3, 0.4) is 0 Å². The van der Waals surface area contributed by atoms with Gasteiger partial charge in [0.15, 0.2) is 5.78 Å². The Hall–Kier alpha value is -1.50. The quantitative estimate of drug-likeness (QED) is 0.463. The Morgan fingerprint density at radius 1 is 1.05 bits per heavy atom. The fourth-order valence-electron chi connectivity index (χ4n) is 1.58. The van der Waals surface area contributed by atoms with Gasteiger partial charge in [-0.1, -0.05) is 0 Å². The molecule has 0 aliphatic rings. The minimum Gasteiger partial charge on any atom is -0.490 e. The van der Waals surface area contributed by atoms with Gasteiger partial charge in [0.05, 0.1) is 38.6 Å². The number of hydrogen-bond donors (Lipinski definition) is 0. The SMILES string of the molecule is COCCOCCOCCOc1cc(F)ccc1C(C)=O. The van der Waals surface area contributed by atoms with E-state index in [0.717, 1.165) is 0 Å². The zero-order valence-electron chi connectivity index (χ0n) is 12.4. The summed E-state index contributed by atoms with van der Waals surface area (Å²) in [6.45, 7) is 3.98. The third kappa shape index (κ3) is 7.17. The number of hydrogen-bond acceptors (Lipinski definition) is 5. The van der Waals surface area contributed by atoms with E-state index in [0.29, 0.717) is 38.6 Å². The lowest BCUT2D eigenvalue weighted by Gasteiger charge is -2.10. The predicted octanol–water partition coefficient (Wildman–Crippen LogP) is 2.09. The summed E-state index contributed by atoms with van der Waals surface area (Å²) in [4.78, 5) is 11.4. The number of ketones is 1. The van der Waals surface area contributed by atoms with Crippen LogP contribution in [0.5, 0.6) is 5.75 Å². The third-order valence-corrected chi connectivity index (χ3v) is 2.61. The van der Waals surface area contributed by atoms with Gasteiger partial charge >= 0.3 is 0 Å². The minimum absolute atomic E-state index is 0.169. The number of methoxy groups -OCH3 is 1. The van der Waals surface area contributed by atoms with E-state index in [4.69, 9.17) is 18.9 Å². The average Bonchev–Trinajstić information content (AvgIpc) is 2.45. The highest BCUT2D eigenvalue weighted by atomic mass is 19.1. The van der Waals surface area contributed by atoms with Crippen molar-refractivity contribution in [3.8, 4) is 5.75 Å². The Morgan fingerprint density at radius 2 is 1.67 bits per heavy atom. The lowest BCUT2D eigenvalue weighted by molar-refractivity contribution is 0.0179. The van der Waals surface area contributed by atoms with Crippen LogP contribution >= 0.6 is 0 Å². The van der Waals surface area contributed by atoms with Crippen LogP contribution in [0, 0.1) is 5.82 Å². The van der Waals surface area contributed by atoms with E-state index in [1.165, 1.54) is 25.1 Å². The van der Waals surface area contributed by atoms with E-state index < -0.39 is 5.82 Å². The van der Waals surface area contributed by atoms with Crippen LogP contribution in [0.2, 0.25) is 0 Å². The molecule has 0 heterocycles. The molecule has 0 saturated heterocycles. The number of ether oxygens (including phenoxy) is 4. The maximum atomic E-state index is 13.1. The molecule has 5 nitrogen and oxygen atoms in total. The molecule has 0 atom stereocenters. The standard InChI is InChI=1S/C15H21FO5/c1-12(17)14-4-3-13(16)11-15(14)21-10-9-20-8-7-19-6-5-18-2/h3-4,11H,5-10H2,1-2H3. The monoisotopic (exact) mass is 300 g/mol. The summed E-state index contributed by atoms with van der Waals surface area (Å²) in [7, 11) is 1.61. The summed E-state index contributed by atoms with van der Waals surface area (Å²) in [6, 6.07) is 3.85.